The lowest BCUT2D eigenvalue weighted by atomic mass is 10.2. The lowest BCUT2D eigenvalue weighted by molar-refractivity contribution is 0.0736. The van der Waals surface area contributed by atoms with E-state index in [9.17, 15) is 13.2 Å². The second-order valence-corrected chi connectivity index (χ2v) is 10.1. The molecule has 10 heteroatoms. The monoisotopic (exact) mass is 494 g/mol. The molecule has 3 aromatic rings. The smallest absolute Gasteiger partial charge is 0.343 e. The molecule has 0 radical (unpaired) electrons. The zero-order valence-electron chi connectivity index (χ0n) is 17.4. The van der Waals surface area contributed by atoms with Gasteiger partial charge in [-0.1, -0.05) is 23.2 Å². The number of carbonyl (C=O) groups excluding carboxylic acids is 1. The summed E-state index contributed by atoms with van der Waals surface area (Å²) in [5.74, 6) is -0.570. The second kappa shape index (κ2) is 8.86. The van der Waals surface area contributed by atoms with Gasteiger partial charge in [-0.3, -0.25) is 0 Å². The van der Waals surface area contributed by atoms with Gasteiger partial charge in [-0.25, -0.2) is 18.2 Å². The Bertz CT molecular complexity index is 1320. The molecule has 0 bridgehead atoms. The molecule has 0 spiro atoms. The third kappa shape index (κ3) is 4.15. The Morgan fingerprint density at radius 1 is 1.06 bits per heavy atom. The number of sulfonamides is 1. The topological polar surface area (TPSA) is 85.8 Å². The van der Waals surface area contributed by atoms with E-state index in [1.54, 1.807) is 19.1 Å². The molecule has 1 aromatic heterocycles. The normalized spacial score (nSPS) is 14.6. The number of benzene rings is 2. The molecule has 0 amide bonds. The van der Waals surface area contributed by atoms with Crippen molar-refractivity contribution in [1.29, 1.82) is 0 Å². The molecule has 168 valence electrons. The van der Waals surface area contributed by atoms with E-state index < -0.39 is 16.0 Å². The van der Waals surface area contributed by atoms with Crippen molar-refractivity contribution in [1.82, 2.24) is 9.29 Å². The average molecular weight is 495 g/mol. The van der Waals surface area contributed by atoms with Crippen molar-refractivity contribution in [3.05, 3.63) is 57.7 Å². The van der Waals surface area contributed by atoms with Crippen LogP contribution in [0.3, 0.4) is 0 Å². The number of hydrogen-bond acceptors (Lipinski definition) is 6. The summed E-state index contributed by atoms with van der Waals surface area (Å²) in [5, 5.41) is 1.07. The van der Waals surface area contributed by atoms with Crippen LogP contribution < -0.4 is 9.47 Å². The number of carbonyl (C=O) groups is 1. The zero-order valence-corrected chi connectivity index (χ0v) is 19.7. The Kier molecular flexibility index (Phi) is 6.31. The van der Waals surface area contributed by atoms with Gasteiger partial charge >= 0.3 is 5.97 Å². The molecule has 1 saturated heterocycles. The number of halogens is 2. The summed E-state index contributed by atoms with van der Waals surface area (Å²) in [4.78, 5) is 17.3. The molecule has 2 heterocycles. The molecule has 1 aliphatic rings. The summed E-state index contributed by atoms with van der Waals surface area (Å²) in [6.07, 6.45) is 1.58. The van der Waals surface area contributed by atoms with Crippen LogP contribution in [0.25, 0.3) is 10.9 Å². The van der Waals surface area contributed by atoms with Crippen molar-refractivity contribution in [2.75, 3.05) is 20.2 Å². The van der Waals surface area contributed by atoms with Crippen LogP contribution in [0.2, 0.25) is 10.0 Å². The number of aryl methyl sites for hydroxylation is 1. The molecule has 0 aliphatic carbocycles. The molecule has 2 aromatic carbocycles. The molecule has 0 N–H and O–H groups in total. The van der Waals surface area contributed by atoms with Crippen LogP contribution in [0.15, 0.2) is 41.3 Å². The van der Waals surface area contributed by atoms with Crippen LogP contribution >= 0.6 is 23.2 Å². The number of aromatic nitrogens is 1. The first-order chi connectivity index (χ1) is 15.2. The fourth-order valence-electron chi connectivity index (χ4n) is 3.61. The van der Waals surface area contributed by atoms with Gasteiger partial charge in [0.25, 0.3) is 0 Å². The molecule has 0 atom stereocenters. The van der Waals surface area contributed by atoms with Crippen LogP contribution in [-0.2, 0) is 10.0 Å². The lowest BCUT2D eigenvalue weighted by Crippen LogP contribution is -2.28. The van der Waals surface area contributed by atoms with E-state index in [-0.39, 0.29) is 27.0 Å². The molecule has 1 fully saturated rings. The second-order valence-electron chi connectivity index (χ2n) is 7.38. The third-order valence-electron chi connectivity index (χ3n) is 5.25. The van der Waals surface area contributed by atoms with E-state index in [1.165, 1.54) is 35.7 Å². The maximum Gasteiger partial charge on any atom is 0.343 e. The Balaban J connectivity index is 1.75. The van der Waals surface area contributed by atoms with Gasteiger partial charge in [-0.15, -0.1) is 0 Å². The van der Waals surface area contributed by atoms with Crippen molar-refractivity contribution in [3.8, 4) is 11.5 Å². The van der Waals surface area contributed by atoms with E-state index in [1.807, 2.05) is 0 Å². The van der Waals surface area contributed by atoms with Crippen molar-refractivity contribution >= 4 is 50.1 Å². The fraction of sp³-hybridized carbons (Fsp3) is 0.273. The standard InChI is InChI=1S/C22H20Cl2N2O5S/c1-13-5-7-15-16(23)12-17(24)21(20(15)25-13)31-22(27)14-6-8-18(30-2)19(11-14)32(28,29)26-9-3-4-10-26/h5-8,11-12H,3-4,9-10H2,1-2H3. The number of nitrogens with zero attached hydrogens (tertiary/aromatic N) is 2. The molecule has 0 saturated carbocycles. The zero-order chi connectivity index (χ0) is 23.0. The number of fused-ring (bicyclic) bond motifs is 1. The number of rotatable bonds is 5. The minimum atomic E-state index is -3.82. The highest BCUT2D eigenvalue weighted by Crippen LogP contribution is 2.38. The number of pyridine rings is 1. The highest BCUT2D eigenvalue weighted by Gasteiger charge is 2.31. The molecular weight excluding hydrogens is 475 g/mol. The van der Waals surface area contributed by atoms with Crippen LogP contribution in [0, 0.1) is 6.92 Å². The van der Waals surface area contributed by atoms with Gasteiger partial charge in [0.05, 0.1) is 22.7 Å². The number of methoxy groups -OCH3 is 1. The Morgan fingerprint density at radius 3 is 2.47 bits per heavy atom. The summed E-state index contributed by atoms with van der Waals surface area (Å²) in [7, 11) is -2.44. The highest BCUT2D eigenvalue weighted by molar-refractivity contribution is 7.89. The van der Waals surface area contributed by atoms with Gasteiger partial charge < -0.3 is 9.47 Å². The Morgan fingerprint density at radius 2 is 1.78 bits per heavy atom. The minimum Gasteiger partial charge on any atom is -0.495 e. The minimum absolute atomic E-state index is 0.0374. The van der Waals surface area contributed by atoms with Gasteiger partial charge in [0.15, 0.2) is 5.75 Å². The maximum atomic E-state index is 13.1. The van der Waals surface area contributed by atoms with Crippen molar-refractivity contribution in [2.45, 2.75) is 24.7 Å². The number of esters is 1. The average Bonchev–Trinajstić information content (AvgIpc) is 3.31. The SMILES string of the molecule is COc1ccc(C(=O)Oc2c(Cl)cc(Cl)c3ccc(C)nc23)cc1S(=O)(=O)N1CCCC1. The highest BCUT2D eigenvalue weighted by atomic mass is 35.5. The Hall–Kier alpha value is -2.39. The van der Waals surface area contributed by atoms with Crippen molar-refractivity contribution in [3.63, 3.8) is 0 Å². The van der Waals surface area contributed by atoms with Gasteiger partial charge in [-0.05, 0) is 56.2 Å². The largest absolute Gasteiger partial charge is 0.495 e. The molecule has 1 aliphatic heterocycles. The summed E-state index contributed by atoms with van der Waals surface area (Å²) >= 11 is 12.6. The number of hydrogen-bond donors (Lipinski definition) is 0. The lowest BCUT2D eigenvalue weighted by Gasteiger charge is -2.18. The van der Waals surface area contributed by atoms with Crippen molar-refractivity contribution in [2.24, 2.45) is 0 Å². The first kappa shape index (κ1) is 22.8. The summed E-state index contributed by atoms with van der Waals surface area (Å²) in [6, 6.07) is 9.16. The van der Waals surface area contributed by atoms with Crippen LogP contribution in [-0.4, -0.2) is 43.9 Å². The quantitative estimate of drug-likeness (QED) is 0.371. The van der Waals surface area contributed by atoms with Crippen LogP contribution in [0.4, 0.5) is 0 Å². The van der Waals surface area contributed by atoms with Gasteiger partial charge in [0.1, 0.15) is 16.2 Å². The Labute approximate surface area is 195 Å². The van der Waals surface area contributed by atoms with Gasteiger partial charge in [0, 0.05) is 24.2 Å². The first-order valence-corrected chi connectivity index (χ1v) is 12.1. The van der Waals surface area contributed by atoms with E-state index in [4.69, 9.17) is 32.7 Å². The molecule has 0 unspecified atom stereocenters. The summed E-state index contributed by atoms with van der Waals surface area (Å²) < 4.78 is 38.4. The van der Waals surface area contributed by atoms with Gasteiger partial charge in [0.2, 0.25) is 10.0 Å². The number of ether oxygens (including phenoxy) is 2. The third-order valence-corrected chi connectivity index (χ3v) is 7.77. The van der Waals surface area contributed by atoms with Gasteiger partial charge in [-0.2, -0.15) is 4.31 Å². The maximum absolute atomic E-state index is 13.1. The summed E-state index contributed by atoms with van der Waals surface area (Å²) in [6.45, 7) is 2.65. The van der Waals surface area contributed by atoms with E-state index in [2.05, 4.69) is 4.98 Å². The van der Waals surface area contributed by atoms with Crippen LogP contribution in [0.5, 0.6) is 11.5 Å². The predicted octanol–water partition coefficient (Wildman–Crippen LogP) is 4.86. The predicted molar refractivity (Wildman–Crippen MR) is 122 cm³/mol. The molecule has 32 heavy (non-hydrogen) atoms. The molecular formula is C22H20Cl2N2O5S. The molecule has 7 nitrogen and oxygen atoms in total. The summed E-state index contributed by atoms with van der Waals surface area (Å²) in [5.41, 5.74) is 1.07. The first-order valence-electron chi connectivity index (χ1n) is 9.88. The van der Waals surface area contributed by atoms with Crippen molar-refractivity contribution < 1.29 is 22.7 Å². The van der Waals surface area contributed by atoms with E-state index >= 15 is 0 Å². The van der Waals surface area contributed by atoms with Crippen LogP contribution in [0.1, 0.15) is 28.9 Å². The molecule has 4 rings (SSSR count). The van der Waals surface area contributed by atoms with E-state index in [0.29, 0.717) is 34.7 Å². The fourth-order valence-corrected chi connectivity index (χ4v) is 5.86. The van der Waals surface area contributed by atoms with E-state index in [0.717, 1.165) is 12.8 Å².